The lowest BCUT2D eigenvalue weighted by atomic mass is 10.2. The van der Waals surface area contributed by atoms with Crippen LogP contribution in [-0.4, -0.2) is 17.8 Å². The van der Waals surface area contributed by atoms with E-state index in [0.717, 1.165) is 12.2 Å². The number of halogens is 1. The first-order valence-electron chi connectivity index (χ1n) is 5.82. The van der Waals surface area contributed by atoms with Crippen molar-refractivity contribution < 1.29 is 4.39 Å². The van der Waals surface area contributed by atoms with Crippen LogP contribution >= 0.6 is 11.8 Å². The minimum atomic E-state index is -0.179. The molecule has 1 aliphatic rings. The van der Waals surface area contributed by atoms with Crippen molar-refractivity contribution in [1.29, 1.82) is 5.26 Å². The smallest absolute Gasteiger partial charge is 0.136 e. The first-order chi connectivity index (χ1) is 8.29. The molecule has 1 saturated carbocycles. The van der Waals surface area contributed by atoms with E-state index in [1.165, 1.54) is 30.7 Å². The molecule has 1 aromatic carbocycles. The summed E-state index contributed by atoms with van der Waals surface area (Å²) < 4.78 is 13.3. The van der Waals surface area contributed by atoms with E-state index in [-0.39, 0.29) is 11.9 Å². The Morgan fingerprint density at radius 2 is 2.24 bits per heavy atom. The van der Waals surface area contributed by atoms with Gasteiger partial charge in [-0.3, -0.25) is 5.32 Å². The number of benzene rings is 1. The van der Waals surface area contributed by atoms with Gasteiger partial charge in [-0.15, -0.1) is 11.8 Å². The lowest BCUT2D eigenvalue weighted by molar-refractivity contribution is 0.585. The molecule has 1 aromatic rings. The predicted octanol–water partition coefficient (Wildman–Crippen LogP) is 2.95. The van der Waals surface area contributed by atoms with Crippen molar-refractivity contribution in [2.75, 3.05) is 5.75 Å². The minimum absolute atomic E-state index is 0.0956. The Kier molecular flexibility index (Phi) is 4.41. The maximum Gasteiger partial charge on any atom is 0.136 e. The summed E-state index contributed by atoms with van der Waals surface area (Å²) in [5.74, 6) is 0.583. The van der Waals surface area contributed by atoms with Crippen molar-refractivity contribution in [2.45, 2.75) is 36.2 Å². The molecule has 1 aliphatic carbocycles. The lowest BCUT2D eigenvalue weighted by Crippen LogP contribution is -2.29. The van der Waals surface area contributed by atoms with E-state index in [0.29, 0.717) is 10.9 Å². The molecule has 0 amide bonds. The number of thioether (sulfide) groups is 1. The second kappa shape index (κ2) is 6.04. The van der Waals surface area contributed by atoms with E-state index >= 15 is 0 Å². The third kappa shape index (κ3) is 4.03. The van der Waals surface area contributed by atoms with Crippen molar-refractivity contribution >= 4 is 11.8 Å². The highest BCUT2D eigenvalue weighted by atomic mass is 32.2. The molecule has 0 radical (unpaired) electrons. The van der Waals surface area contributed by atoms with E-state index in [4.69, 9.17) is 5.26 Å². The predicted molar refractivity (Wildman–Crippen MR) is 67.3 cm³/mol. The summed E-state index contributed by atoms with van der Waals surface area (Å²) in [5.41, 5.74) is 0. The summed E-state index contributed by atoms with van der Waals surface area (Å²) in [6, 6.07) is 9.45. The van der Waals surface area contributed by atoms with Crippen molar-refractivity contribution in [1.82, 2.24) is 5.32 Å². The molecule has 2 nitrogen and oxygen atoms in total. The molecule has 0 spiro atoms. The molecule has 1 unspecified atom stereocenters. The Hall–Kier alpha value is -1.05. The zero-order valence-electron chi connectivity index (χ0n) is 9.53. The zero-order chi connectivity index (χ0) is 12.1. The summed E-state index contributed by atoms with van der Waals surface area (Å²) in [4.78, 5) is 0.663. The molecule has 0 aromatic heterocycles. The van der Waals surface area contributed by atoms with Gasteiger partial charge >= 0.3 is 0 Å². The first-order valence-corrected chi connectivity index (χ1v) is 6.81. The summed E-state index contributed by atoms with van der Waals surface area (Å²) in [6.07, 6.45) is 3.11. The molecule has 0 heterocycles. The van der Waals surface area contributed by atoms with Crippen LogP contribution in [-0.2, 0) is 0 Å². The largest absolute Gasteiger partial charge is 0.299 e. The topological polar surface area (TPSA) is 35.8 Å². The highest BCUT2D eigenvalue weighted by Gasteiger charge is 2.24. The van der Waals surface area contributed by atoms with Crippen LogP contribution in [0.4, 0.5) is 4.39 Å². The normalized spacial score (nSPS) is 16.5. The van der Waals surface area contributed by atoms with Crippen LogP contribution in [0, 0.1) is 17.1 Å². The van der Waals surface area contributed by atoms with Gasteiger partial charge in [0.15, 0.2) is 0 Å². The molecule has 0 bridgehead atoms. The highest BCUT2D eigenvalue weighted by molar-refractivity contribution is 7.99. The minimum Gasteiger partial charge on any atom is -0.299 e. The molecule has 0 saturated heterocycles. The maximum absolute atomic E-state index is 13.3. The van der Waals surface area contributed by atoms with Gasteiger partial charge in [0.2, 0.25) is 0 Å². The van der Waals surface area contributed by atoms with Crippen LogP contribution in [0.5, 0.6) is 0 Å². The quantitative estimate of drug-likeness (QED) is 0.788. The monoisotopic (exact) mass is 250 g/mol. The molecule has 0 aliphatic heterocycles. The molecule has 4 heteroatoms. The second-order valence-electron chi connectivity index (χ2n) is 4.19. The van der Waals surface area contributed by atoms with Crippen LogP contribution in [0.25, 0.3) is 0 Å². The third-order valence-electron chi connectivity index (χ3n) is 2.67. The van der Waals surface area contributed by atoms with Gasteiger partial charge in [-0.25, -0.2) is 4.39 Å². The van der Waals surface area contributed by atoms with Gasteiger partial charge in [0.25, 0.3) is 0 Å². The van der Waals surface area contributed by atoms with E-state index in [1.807, 2.05) is 6.07 Å². The van der Waals surface area contributed by atoms with E-state index in [9.17, 15) is 4.39 Å². The molecule has 90 valence electrons. The van der Waals surface area contributed by atoms with Crippen LogP contribution in [0.15, 0.2) is 29.2 Å². The summed E-state index contributed by atoms with van der Waals surface area (Å²) in [5, 5.41) is 12.2. The lowest BCUT2D eigenvalue weighted by Gasteiger charge is -2.10. The highest BCUT2D eigenvalue weighted by Crippen LogP contribution is 2.23. The Balaban J connectivity index is 1.74. The number of nitrogens with one attached hydrogen (secondary N) is 1. The van der Waals surface area contributed by atoms with Gasteiger partial charge in [0, 0.05) is 16.7 Å². The van der Waals surface area contributed by atoms with E-state index in [1.54, 1.807) is 12.1 Å². The SMILES string of the molecule is N#CC(CCSc1ccccc1F)NC1CC1. The van der Waals surface area contributed by atoms with E-state index in [2.05, 4.69) is 11.4 Å². The van der Waals surface area contributed by atoms with Gasteiger partial charge in [-0.2, -0.15) is 5.26 Å². The summed E-state index contributed by atoms with van der Waals surface area (Å²) in [7, 11) is 0. The fourth-order valence-corrected chi connectivity index (χ4v) is 2.52. The van der Waals surface area contributed by atoms with Crippen LogP contribution < -0.4 is 5.32 Å². The number of nitrogens with zero attached hydrogens (tertiary/aromatic N) is 1. The maximum atomic E-state index is 13.3. The van der Waals surface area contributed by atoms with Crippen LogP contribution in [0.1, 0.15) is 19.3 Å². The number of hydrogen-bond donors (Lipinski definition) is 1. The Morgan fingerprint density at radius 1 is 1.47 bits per heavy atom. The van der Waals surface area contributed by atoms with Gasteiger partial charge in [0.05, 0.1) is 12.1 Å². The zero-order valence-corrected chi connectivity index (χ0v) is 10.3. The number of rotatable bonds is 6. The standard InChI is InChI=1S/C13H15FN2S/c14-12-3-1-2-4-13(12)17-8-7-11(9-15)16-10-5-6-10/h1-4,10-11,16H,5-8H2. The van der Waals surface area contributed by atoms with Crippen LogP contribution in [0.3, 0.4) is 0 Å². The average Bonchev–Trinajstić information content (AvgIpc) is 3.14. The number of nitriles is 1. The molecule has 17 heavy (non-hydrogen) atoms. The third-order valence-corrected chi connectivity index (χ3v) is 3.75. The number of hydrogen-bond acceptors (Lipinski definition) is 3. The molecule has 1 N–H and O–H groups in total. The molecular weight excluding hydrogens is 235 g/mol. The first kappa shape index (κ1) is 12.4. The molecule has 1 fully saturated rings. The van der Waals surface area contributed by atoms with Gasteiger partial charge < -0.3 is 0 Å². The van der Waals surface area contributed by atoms with Gasteiger partial charge in [-0.05, 0) is 31.4 Å². The van der Waals surface area contributed by atoms with Gasteiger partial charge in [0.1, 0.15) is 5.82 Å². The Morgan fingerprint density at radius 3 is 2.88 bits per heavy atom. The summed E-state index contributed by atoms with van der Waals surface area (Å²) >= 11 is 1.47. The van der Waals surface area contributed by atoms with Crippen molar-refractivity contribution in [3.8, 4) is 6.07 Å². The summed E-state index contributed by atoms with van der Waals surface area (Å²) in [6.45, 7) is 0. The Labute approximate surface area is 105 Å². The molecule has 2 rings (SSSR count). The van der Waals surface area contributed by atoms with Crippen molar-refractivity contribution in [3.05, 3.63) is 30.1 Å². The fourth-order valence-electron chi connectivity index (χ4n) is 1.57. The van der Waals surface area contributed by atoms with Crippen molar-refractivity contribution in [2.24, 2.45) is 0 Å². The fraction of sp³-hybridized carbons (Fsp3) is 0.462. The van der Waals surface area contributed by atoms with Crippen molar-refractivity contribution in [3.63, 3.8) is 0 Å². The van der Waals surface area contributed by atoms with E-state index < -0.39 is 0 Å². The molecule has 1 atom stereocenters. The molecular formula is C13H15FN2S. The second-order valence-corrected chi connectivity index (χ2v) is 5.33. The van der Waals surface area contributed by atoms with Gasteiger partial charge in [-0.1, -0.05) is 12.1 Å². The Bertz CT molecular complexity index is 412. The van der Waals surface area contributed by atoms with Crippen LogP contribution in [0.2, 0.25) is 0 Å². The average molecular weight is 250 g/mol.